The highest BCUT2D eigenvalue weighted by atomic mass is 79.9. The minimum atomic E-state index is 0.239. The first kappa shape index (κ1) is 11.2. The number of aromatic nitrogens is 2. The Morgan fingerprint density at radius 1 is 1.38 bits per heavy atom. The van der Waals surface area contributed by atoms with E-state index in [9.17, 15) is 0 Å². The molecular formula is C11H7BrClN3. The molecule has 0 aliphatic rings. The maximum atomic E-state index is 8.90. The monoisotopic (exact) mass is 295 g/mol. The topological polar surface area (TPSA) is 41.6 Å². The first-order valence-electron chi connectivity index (χ1n) is 4.51. The van der Waals surface area contributed by atoms with Crippen LogP contribution in [0.1, 0.15) is 5.69 Å². The number of hydrogen-bond donors (Lipinski definition) is 0. The molecule has 0 radical (unpaired) electrons. The maximum absolute atomic E-state index is 8.90. The van der Waals surface area contributed by atoms with Gasteiger partial charge in [0.1, 0.15) is 11.9 Å². The van der Waals surface area contributed by atoms with Gasteiger partial charge in [-0.3, -0.25) is 0 Å². The van der Waals surface area contributed by atoms with Crippen molar-refractivity contribution in [3.8, 4) is 17.5 Å². The SMILES string of the molecule is Cn1c(-c2ccc(Br)cc2)nc(Cl)c1C#N. The fraction of sp³-hybridized carbons (Fsp3) is 0.0909. The number of benzene rings is 1. The molecule has 5 heteroatoms. The van der Waals surface area contributed by atoms with Crippen LogP contribution in [-0.2, 0) is 7.05 Å². The molecule has 0 fully saturated rings. The number of rotatable bonds is 1. The molecule has 0 N–H and O–H groups in total. The van der Waals surface area contributed by atoms with E-state index in [2.05, 4.69) is 20.9 Å². The minimum absolute atomic E-state index is 0.239. The van der Waals surface area contributed by atoms with E-state index < -0.39 is 0 Å². The molecule has 2 aromatic rings. The molecule has 0 unspecified atom stereocenters. The molecule has 2 rings (SSSR count). The van der Waals surface area contributed by atoms with Gasteiger partial charge in [-0.1, -0.05) is 39.7 Å². The van der Waals surface area contributed by atoms with Crippen molar-refractivity contribution >= 4 is 27.5 Å². The van der Waals surface area contributed by atoms with Crippen molar-refractivity contribution in [3.63, 3.8) is 0 Å². The Hall–Kier alpha value is -1.31. The van der Waals surface area contributed by atoms with E-state index in [1.54, 1.807) is 11.6 Å². The second-order valence-electron chi connectivity index (χ2n) is 3.25. The fourth-order valence-electron chi connectivity index (χ4n) is 1.44. The van der Waals surface area contributed by atoms with Crippen molar-refractivity contribution < 1.29 is 0 Å². The molecule has 16 heavy (non-hydrogen) atoms. The van der Waals surface area contributed by atoms with Gasteiger partial charge >= 0.3 is 0 Å². The Morgan fingerprint density at radius 2 is 2.00 bits per heavy atom. The lowest BCUT2D eigenvalue weighted by atomic mass is 10.2. The quantitative estimate of drug-likeness (QED) is 0.809. The van der Waals surface area contributed by atoms with Gasteiger partial charge in [-0.25, -0.2) is 4.98 Å². The third-order valence-electron chi connectivity index (χ3n) is 2.26. The van der Waals surface area contributed by atoms with Gasteiger partial charge in [-0.15, -0.1) is 0 Å². The highest BCUT2D eigenvalue weighted by Gasteiger charge is 2.13. The van der Waals surface area contributed by atoms with Crippen molar-refractivity contribution in [1.29, 1.82) is 5.26 Å². The molecule has 0 spiro atoms. The second-order valence-corrected chi connectivity index (χ2v) is 4.53. The average molecular weight is 297 g/mol. The Kier molecular flexibility index (Phi) is 2.99. The number of hydrogen-bond acceptors (Lipinski definition) is 2. The summed E-state index contributed by atoms with van der Waals surface area (Å²) in [7, 11) is 1.77. The lowest BCUT2D eigenvalue weighted by Crippen LogP contribution is -1.95. The first-order valence-corrected chi connectivity index (χ1v) is 5.69. The van der Waals surface area contributed by atoms with Crippen molar-refractivity contribution in [3.05, 3.63) is 39.6 Å². The smallest absolute Gasteiger partial charge is 0.166 e. The van der Waals surface area contributed by atoms with E-state index in [0.717, 1.165) is 10.0 Å². The van der Waals surface area contributed by atoms with Gasteiger partial charge < -0.3 is 4.57 Å². The number of nitrogens with zero attached hydrogens (tertiary/aromatic N) is 3. The Bertz CT molecular complexity index is 566. The van der Waals surface area contributed by atoms with E-state index in [-0.39, 0.29) is 5.15 Å². The van der Waals surface area contributed by atoms with Crippen LogP contribution >= 0.6 is 27.5 Å². The molecule has 1 aromatic carbocycles. The number of imidazole rings is 1. The van der Waals surface area contributed by atoms with Crippen molar-refractivity contribution in [2.45, 2.75) is 0 Å². The maximum Gasteiger partial charge on any atom is 0.166 e. The summed E-state index contributed by atoms with van der Waals surface area (Å²) in [5.41, 5.74) is 1.30. The molecular weight excluding hydrogens is 289 g/mol. The van der Waals surface area contributed by atoms with Crippen LogP contribution in [0.4, 0.5) is 0 Å². The molecule has 1 aromatic heterocycles. The van der Waals surface area contributed by atoms with Gasteiger partial charge in [-0.05, 0) is 12.1 Å². The Labute approximate surface area is 106 Å². The van der Waals surface area contributed by atoms with Crippen LogP contribution in [0.3, 0.4) is 0 Å². The standard InChI is InChI=1S/C11H7BrClN3/c1-16-9(6-14)10(13)15-11(16)7-2-4-8(12)5-3-7/h2-5H,1H3. The minimum Gasteiger partial charge on any atom is -0.318 e. The molecule has 0 aliphatic carbocycles. The predicted molar refractivity (Wildman–Crippen MR) is 66.1 cm³/mol. The lowest BCUT2D eigenvalue weighted by Gasteiger charge is -2.01. The van der Waals surface area contributed by atoms with Crippen LogP contribution in [0, 0.1) is 11.3 Å². The molecule has 0 aliphatic heterocycles. The Morgan fingerprint density at radius 3 is 2.50 bits per heavy atom. The highest BCUT2D eigenvalue weighted by Crippen LogP contribution is 2.25. The van der Waals surface area contributed by atoms with Crippen LogP contribution in [0.2, 0.25) is 5.15 Å². The molecule has 1 heterocycles. The van der Waals surface area contributed by atoms with Gasteiger partial charge in [0.05, 0.1) is 0 Å². The summed E-state index contributed by atoms with van der Waals surface area (Å²) < 4.78 is 2.68. The summed E-state index contributed by atoms with van der Waals surface area (Å²) in [4.78, 5) is 4.17. The van der Waals surface area contributed by atoms with E-state index in [4.69, 9.17) is 16.9 Å². The first-order chi connectivity index (χ1) is 7.63. The Balaban J connectivity index is 2.58. The zero-order chi connectivity index (χ0) is 11.7. The van der Waals surface area contributed by atoms with Crippen molar-refractivity contribution in [1.82, 2.24) is 9.55 Å². The third kappa shape index (κ3) is 1.84. The van der Waals surface area contributed by atoms with E-state index >= 15 is 0 Å². The predicted octanol–water partition coefficient (Wildman–Crippen LogP) is 3.37. The van der Waals surface area contributed by atoms with E-state index in [1.165, 1.54) is 0 Å². The van der Waals surface area contributed by atoms with Crippen LogP contribution < -0.4 is 0 Å². The molecule has 0 bridgehead atoms. The number of halogens is 2. The molecule has 0 saturated carbocycles. The molecule has 3 nitrogen and oxygen atoms in total. The molecule has 0 atom stereocenters. The summed E-state index contributed by atoms with van der Waals surface area (Å²) in [6.07, 6.45) is 0. The van der Waals surface area contributed by atoms with Crippen LogP contribution in [0.25, 0.3) is 11.4 Å². The van der Waals surface area contributed by atoms with Crippen LogP contribution in [0.5, 0.6) is 0 Å². The van der Waals surface area contributed by atoms with E-state index in [1.807, 2.05) is 30.3 Å². The average Bonchev–Trinajstić information content (AvgIpc) is 2.55. The number of nitriles is 1. The normalized spacial score (nSPS) is 10.1. The van der Waals surface area contributed by atoms with Gasteiger partial charge in [0.2, 0.25) is 0 Å². The molecule has 0 amide bonds. The summed E-state index contributed by atoms with van der Waals surface area (Å²) in [6, 6.07) is 9.71. The van der Waals surface area contributed by atoms with Gasteiger partial charge in [0.25, 0.3) is 0 Å². The van der Waals surface area contributed by atoms with E-state index in [0.29, 0.717) is 11.5 Å². The summed E-state index contributed by atoms with van der Waals surface area (Å²) in [5, 5.41) is 9.14. The largest absolute Gasteiger partial charge is 0.318 e. The van der Waals surface area contributed by atoms with Gasteiger partial charge in [0.15, 0.2) is 10.8 Å². The zero-order valence-corrected chi connectivity index (χ0v) is 10.7. The van der Waals surface area contributed by atoms with Crippen molar-refractivity contribution in [2.75, 3.05) is 0 Å². The van der Waals surface area contributed by atoms with Crippen LogP contribution in [-0.4, -0.2) is 9.55 Å². The lowest BCUT2D eigenvalue weighted by molar-refractivity contribution is 0.907. The summed E-state index contributed by atoms with van der Waals surface area (Å²) in [5.74, 6) is 0.689. The second kappa shape index (κ2) is 4.28. The van der Waals surface area contributed by atoms with Gasteiger partial charge in [0, 0.05) is 17.1 Å². The van der Waals surface area contributed by atoms with Crippen molar-refractivity contribution in [2.24, 2.45) is 7.05 Å². The highest BCUT2D eigenvalue weighted by molar-refractivity contribution is 9.10. The summed E-state index contributed by atoms with van der Waals surface area (Å²) >= 11 is 9.23. The third-order valence-corrected chi connectivity index (χ3v) is 3.05. The van der Waals surface area contributed by atoms with Gasteiger partial charge in [-0.2, -0.15) is 5.26 Å². The fourth-order valence-corrected chi connectivity index (χ4v) is 1.96. The van der Waals surface area contributed by atoms with Crippen LogP contribution in [0.15, 0.2) is 28.7 Å². The summed E-state index contributed by atoms with van der Waals surface area (Å²) in [6.45, 7) is 0. The molecule has 0 saturated heterocycles. The molecule has 80 valence electrons. The zero-order valence-electron chi connectivity index (χ0n) is 8.41.